The maximum Gasteiger partial charge on any atom is 0.410 e. The molecule has 1 saturated heterocycles. The molecule has 0 radical (unpaired) electrons. The van der Waals surface area contributed by atoms with Crippen LogP contribution in [-0.4, -0.2) is 45.7 Å². The minimum atomic E-state index is -0.805. The second-order valence-corrected chi connectivity index (χ2v) is 9.51. The van der Waals surface area contributed by atoms with Crippen molar-refractivity contribution in [2.75, 3.05) is 6.54 Å². The van der Waals surface area contributed by atoms with E-state index in [2.05, 4.69) is 4.98 Å². The predicted molar refractivity (Wildman–Crippen MR) is 143 cm³/mol. The number of aliphatic hydroxyl groups excluding tert-OH is 1. The van der Waals surface area contributed by atoms with Crippen LogP contribution in [0.15, 0.2) is 97.3 Å². The fraction of sp³-hybridized carbons (Fsp3) is 0.258. The Hall–Kier alpha value is -4.23. The van der Waals surface area contributed by atoms with E-state index in [4.69, 9.17) is 9.47 Å². The molecule has 194 valence electrons. The van der Waals surface area contributed by atoms with Gasteiger partial charge in [-0.3, -0.25) is 4.98 Å². The minimum Gasteiger partial charge on any atom is -0.457 e. The molecule has 1 aromatic heterocycles. The summed E-state index contributed by atoms with van der Waals surface area (Å²) in [6, 6.07) is 25.7. The van der Waals surface area contributed by atoms with Gasteiger partial charge in [0, 0.05) is 23.8 Å². The van der Waals surface area contributed by atoms with Crippen LogP contribution in [0.25, 0.3) is 10.8 Å². The number of piperidine rings is 1. The van der Waals surface area contributed by atoms with Gasteiger partial charge in [0.1, 0.15) is 12.7 Å². The number of likely N-dealkylation sites (tertiary alicyclic amines) is 1. The van der Waals surface area contributed by atoms with Gasteiger partial charge in [-0.2, -0.15) is 0 Å². The number of aliphatic hydroxyl groups is 1. The topological polar surface area (TPSA) is 89.0 Å². The number of esters is 1. The van der Waals surface area contributed by atoms with Gasteiger partial charge in [-0.05, 0) is 54.0 Å². The number of aromatic nitrogens is 1. The van der Waals surface area contributed by atoms with E-state index in [0.717, 1.165) is 21.9 Å². The maximum atomic E-state index is 13.3. The first-order chi connectivity index (χ1) is 18.6. The Morgan fingerprint density at radius 2 is 1.71 bits per heavy atom. The third kappa shape index (κ3) is 6.01. The molecule has 2 heterocycles. The standard InChI is InChI=1S/C31H30N2O5/c34-29(27-13-7-12-23-16-17-32-19-28(23)27)18-25-14-15-26(38-30(35)24-10-5-2-6-11-24)20-33(25)31(36)37-21-22-8-3-1-4-9-22/h1-13,16-17,19,25-26,29,34H,14-15,18,20-21H2. The molecule has 3 unspecified atom stereocenters. The average molecular weight is 511 g/mol. The van der Waals surface area contributed by atoms with Crippen LogP contribution in [0, 0.1) is 0 Å². The van der Waals surface area contributed by atoms with Crippen molar-refractivity contribution in [3.8, 4) is 0 Å². The van der Waals surface area contributed by atoms with Gasteiger partial charge in [-0.15, -0.1) is 0 Å². The number of rotatable bonds is 7. The normalized spacial score (nSPS) is 18.1. The molecule has 0 spiro atoms. The fourth-order valence-electron chi connectivity index (χ4n) is 4.97. The lowest BCUT2D eigenvalue weighted by molar-refractivity contribution is -0.0167. The largest absolute Gasteiger partial charge is 0.457 e. The molecule has 0 bridgehead atoms. The van der Waals surface area contributed by atoms with Gasteiger partial charge in [0.2, 0.25) is 0 Å². The van der Waals surface area contributed by atoms with Crippen LogP contribution in [0.3, 0.4) is 0 Å². The quantitative estimate of drug-likeness (QED) is 0.322. The molecule has 1 aliphatic heterocycles. The first kappa shape index (κ1) is 25.4. The van der Waals surface area contributed by atoms with Crippen molar-refractivity contribution in [1.82, 2.24) is 9.88 Å². The van der Waals surface area contributed by atoms with Crippen molar-refractivity contribution < 1.29 is 24.2 Å². The molecule has 7 heteroatoms. The number of nitrogens with zero attached hydrogens (tertiary/aromatic N) is 2. The molecule has 1 fully saturated rings. The monoisotopic (exact) mass is 510 g/mol. The lowest BCUT2D eigenvalue weighted by atomic mass is 9.91. The Balaban J connectivity index is 1.32. The van der Waals surface area contributed by atoms with E-state index in [0.29, 0.717) is 24.8 Å². The first-order valence-corrected chi connectivity index (χ1v) is 12.8. The van der Waals surface area contributed by atoms with E-state index < -0.39 is 24.3 Å². The summed E-state index contributed by atoms with van der Waals surface area (Å²) in [5.74, 6) is -0.421. The smallest absolute Gasteiger partial charge is 0.410 e. The van der Waals surface area contributed by atoms with Crippen molar-refractivity contribution in [1.29, 1.82) is 0 Å². The summed E-state index contributed by atoms with van der Waals surface area (Å²) in [7, 11) is 0. The highest BCUT2D eigenvalue weighted by Gasteiger charge is 2.36. The summed E-state index contributed by atoms with van der Waals surface area (Å²) in [6.45, 7) is 0.329. The zero-order valence-corrected chi connectivity index (χ0v) is 21.0. The lowest BCUT2D eigenvalue weighted by Crippen LogP contribution is -2.50. The maximum absolute atomic E-state index is 13.3. The second kappa shape index (κ2) is 11.9. The highest BCUT2D eigenvalue weighted by atomic mass is 16.6. The van der Waals surface area contributed by atoms with E-state index in [-0.39, 0.29) is 19.2 Å². The molecule has 3 aromatic carbocycles. The van der Waals surface area contributed by atoms with E-state index >= 15 is 0 Å². The van der Waals surface area contributed by atoms with E-state index in [1.807, 2.05) is 60.7 Å². The summed E-state index contributed by atoms with van der Waals surface area (Å²) < 4.78 is 11.4. The van der Waals surface area contributed by atoms with Crippen molar-refractivity contribution in [3.05, 3.63) is 114 Å². The van der Waals surface area contributed by atoms with E-state index in [9.17, 15) is 14.7 Å². The Bertz CT molecular complexity index is 1370. The highest BCUT2D eigenvalue weighted by Crippen LogP contribution is 2.32. The molecule has 0 aliphatic carbocycles. The second-order valence-electron chi connectivity index (χ2n) is 9.51. The Morgan fingerprint density at radius 1 is 0.947 bits per heavy atom. The van der Waals surface area contributed by atoms with Crippen molar-refractivity contribution in [2.45, 2.75) is 44.1 Å². The molecular formula is C31H30N2O5. The SMILES string of the molecule is O=C(OC1CCC(CC(O)c2cccc3ccncc23)N(C(=O)OCc2ccccc2)C1)c1ccccc1. The van der Waals surface area contributed by atoms with Gasteiger partial charge in [-0.25, -0.2) is 9.59 Å². The summed E-state index contributed by atoms with van der Waals surface area (Å²) >= 11 is 0. The number of hydrogen-bond donors (Lipinski definition) is 1. The lowest BCUT2D eigenvalue weighted by Gasteiger charge is -2.39. The zero-order valence-electron chi connectivity index (χ0n) is 21.0. The number of fused-ring (bicyclic) bond motifs is 1. The summed E-state index contributed by atoms with van der Waals surface area (Å²) in [5.41, 5.74) is 2.11. The molecule has 1 N–H and O–H groups in total. The molecule has 3 atom stereocenters. The molecule has 0 saturated carbocycles. The molecule has 7 nitrogen and oxygen atoms in total. The third-order valence-electron chi connectivity index (χ3n) is 6.96. The van der Waals surface area contributed by atoms with Crippen molar-refractivity contribution in [2.24, 2.45) is 0 Å². The van der Waals surface area contributed by atoms with Gasteiger partial charge >= 0.3 is 12.1 Å². The van der Waals surface area contributed by atoms with E-state index in [1.165, 1.54) is 0 Å². The van der Waals surface area contributed by atoms with Crippen LogP contribution >= 0.6 is 0 Å². The van der Waals surface area contributed by atoms with Crippen LogP contribution in [0.5, 0.6) is 0 Å². The van der Waals surface area contributed by atoms with Crippen LogP contribution < -0.4 is 0 Å². The van der Waals surface area contributed by atoms with Crippen LogP contribution in [-0.2, 0) is 16.1 Å². The van der Waals surface area contributed by atoms with Crippen LogP contribution in [0.1, 0.15) is 46.9 Å². The summed E-state index contributed by atoms with van der Waals surface area (Å²) in [4.78, 5) is 31.8. The fourth-order valence-corrected chi connectivity index (χ4v) is 4.97. The van der Waals surface area contributed by atoms with Crippen LogP contribution in [0.2, 0.25) is 0 Å². The number of amides is 1. The summed E-state index contributed by atoms with van der Waals surface area (Å²) in [6.07, 6.45) is 3.17. The van der Waals surface area contributed by atoms with Crippen LogP contribution in [0.4, 0.5) is 4.79 Å². The number of carbonyl (C=O) groups is 2. The number of pyridine rings is 1. The zero-order chi connectivity index (χ0) is 26.3. The molecular weight excluding hydrogens is 480 g/mol. The predicted octanol–water partition coefficient (Wildman–Crippen LogP) is 5.69. The Morgan fingerprint density at radius 3 is 2.50 bits per heavy atom. The van der Waals surface area contributed by atoms with Gasteiger partial charge in [0.15, 0.2) is 0 Å². The van der Waals surface area contributed by atoms with Gasteiger partial charge in [0.25, 0.3) is 0 Å². The number of hydrogen-bond acceptors (Lipinski definition) is 6. The summed E-state index contributed by atoms with van der Waals surface area (Å²) in [5, 5.41) is 13.1. The molecule has 1 aliphatic rings. The highest BCUT2D eigenvalue weighted by molar-refractivity contribution is 5.89. The molecule has 4 aromatic rings. The van der Waals surface area contributed by atoms with Gasteiger partial charge in [0.05, 0.1) is 18.2 Å². The number of ether oxygens (including phenoxy) is 2. The number of carbonyl (C=O) groups excluding carboxylic acids is 2. The van der Waals surface area contributed by atoms with Gasteiger partial charge in [-0.1, -0.05) is 66.7 Å². The first-order valence-electron chi connectivity index (χ1n) is 12.8. The minimum absolute atomic E-state index is 0.134. The van der Waals surface area contributed by atoms with E-state index in [1.54, 1.807) is 41.6 Å². The Kier molecular flexibility index (Phi) is 7.95. The van der Waals surface area contributed by atoms with Crippen molar-refractivity contribution >= 4 is 22.8 Å². The molecule has 5 rings (SSSR count). The van der Waals surface area contributed by atoms with Crippen molar-refractivity contribution in [3.63, 3.8) is 0 Å². The average Bonchev–Trinajstić information content (AvgIpc) is 2.97. The Labute approximate surface area is 221 Å². The molecule has 38 heavy (non-hydrogen) atoms. The molecule has 1 amide bonds. The third-order valence-corrected chi connectivity index (χ3v) is 6.96. The van der Waals surface area contributed by atoms with Gasteiger partial charge < -0.3 is 19.5 Å². The number of benzene rings is 3.